The Hall–Kier alpha value is -3.61. The first kappa shape index (κ1) is 16.8. The number of ether oxygens (including phenoxy) is 2. The van der Waals surface area contributed by atoms with E-state index in [4.69, 9.17) is 9.47 Å². The summed E-state index contributed by atoms with van der Waals surface area (Å²) in [5.74, 6) is 1.76. The third kappa shape index (κ3) is 3.98. The van der Waals surface area contributed by atoms with Gasteiger partial charge in [0.25, 0.3) is 5.91 Å². The number of benzene rings is 2. The second-order valence-corrected chi connectivity index (χ2v) is 6.15. The van der Waals surface area contributed by atoms with Crippen molar-refractivity contribution in [2.45, 2.75) is 13.5 Å². The molecule has 0 fully saturated rings. The summed E-state index contributed by atoms with van der Waals surface area (Å²) in [6, 6.07) is 15.0. The SMILES string of the molecule is Cc1ccc(NC(=O)c2cc(NCc3ccc4c(c3)OCO4)ncn2)cc1. The number of hydrogen-bond donors (Lipinski definition) is 2. The highest BCUT2D eigenvalue weighted by molar-refractivity contribution is 6.03. The number of anilines is 2. The van der Waals surface area contributed by atoms with Crippen molar-refractivity contribution in [2.24, 2.45) is 0 Å². The van der Waals surface area contributed by atoms with E-state index in [-0.39, 0.29) is 12.7 Å². The molecule has 7 heteroatoms. The van der Waals surface area contributed by atoms with Gasteiger partial charge in [-0.2, -0.15) is 0 Å². The largest absolute Gasteiger partial charge is 0.454 e. The number of carbonyl (C=O) groups excluding carboxylic acids is 1. The fourth-order valence-corrected chi connectivity index (χ4v) is 2.65. The first-order chi connectivity index (χ1) is 13.2. The number of fused-ring (bicyclic) bond motifs is 1. The van der Waals surface area contributed by atoms with Crippen LogP contribution in [-0.4, -0.2) is 22.7 Å². The van der Waals surface area contributed by atoms with Gasteiger partial charge >= 0.3 is 0 Å². The fourth-order valence-electron chi connectivity index (χ4n) is 2.65. The zero-order chi connectivity index (χ0) is 18.6. The number of aryl methyl sites for hydroxylation is 1. The van der Waals surface area contributed by atoms with E-state index < -0.39 is 0 Å². The molecule has 1 aromatic heterocycles. The standard InChI is InChI=1S/C20H18N4O3/c1-13-2-5-15(6-3-13)24-20(25)16-9-19(23-11-22-16)21-10-14-4-7-17-18(8-14)27-12-26-17/h2-9,11H,10,12H2,1H3,(H,24,25)(H,21,22,23). The summed E-state index contributed by atoms with van der Waals surface area (Å²) in [6.45, 7) is 2.78. The number of aromatic nitrogens is 2. The monoisotopic (exact) mass is 362 g/mol. The van der Waals surface area contributed by atoms with Gasteiger partial charge in [0, 0.05) is 18.3 Å². The Labute approximate surface area is 156 Å². The average Bonchev–Trinajstić information content (AvgIpc) is 3.16. The first-order valence-corrected chi connectivity index (χ1v) is 8.50. The zero-order valence-corrected chi connectivity index (χ0v) is 14.7. The van der Waals surface area contributed by atoms with Crippen LogP contribution in [0.25, 0.3) is 0 Å². The molecule has 0 radical (unpaired) electrons. The van der Waals surface area contributed by atoms with Gasteiger partial charge in [0.1, 0.15) is 17.8 Å². The molecule has 2 aromatic carbocycles. The van der Waals surface area contributed by atoms with Gasteiger partial charge < -0.3 is 20.1 Å². The molecule has 27 heavy (non-hydrogen) atoms. The number of nitrogens with zero attached hydrogens (tertiary/aromatic N) is 2. The number of hydrogen-bond acceptors (Lipinski definition) is 6. The van der Waals surface area contributed by atoms with Gasteiger partial charge in [0.15, 0.2) is 11.5 Å². The normalized spacial score (nSPS) is 11.9. The summed E-state index contributed by atoms with van der Waals surface area (Å²) < 4.78 is 10.7. The van der Waals surface area contributed by atoms with Crippen LogP contribution in [0, 0.1) is 6.92 Å². The van der Waals surface area contributed by atoms with Crippen LogP contribution in [-0.2, 0) is 6.54 Å². The molecule has 2 N–H and O–H groups in total. The first-order valence-electron chi connectivity index (χ1n) is 8.50. The molecule has 0 aliphatic carbocycles. The lowest BCUT2D eigenvalue weighted by Crippen LogP contribution is -2.14. The van der Waals surface area contributed by atoms with Gasteiger partial charge in [-0.1, -0.05) is 23.8 Å². The van der Waals surface area contributed by atoms with Crippen molar-refractivity contribution < 1.29 is 14.3 Å². The summed E-state index contributed by atoms with van der Waals surface area (Å²) in [6.07, 6.45) is 1.37. The fraction of sp³-hybridized carbons (Fsp3) is 0.150. The van der Waals surface area contributed by atoms with E-state index in [1.165, 1.54) is 6.33 Å². The van der Waals surface area contributed by atoms with Crippen LogP contribution >= 0.6 is 0 Å². The maximum absolute atomic E-state index is 12.4. The van der Waals surface area contributed by atoms with Crippen molar-refractivity contribution in [3.05, 3.63) is 71.7 Å². The lowest BCUT2D eigenvalue weighted by Gasteiger charge is -2.08. The maximum Gasteiger partial charge on any atom is 0.274 e. The van der Waals surface area contributed by atoms with Gasteiger partial charge in [-0.3, -0.25) is 4.79 Å². The smallest absolute Gasteiger partial charge is 0.274 e. The van der Waals surface area contributed by atoms with E-state index in [0.717, 1.165) is 28.3 Å². The second-order valence-electron chi connectivity index (χ2n) is 6.15. The van der Waals surface area contributed by atoms with Crippen molar-refractivity contribution in [1.82, 2.24) is 9.97 Å². The Kier molecular flexibility index (Phi) is 4.57. The number of nitrogens with one attached hydrogen (secondary N) is 2. The summed E-state index contributed by atoms with van der Waals surface area (Å²) >= 11 is 0. The van der Waals surface area contributed by atoms with Crippen molar-refractivity contribution in [1.29, 1.82) is 0 Å². The van der Waals surface area contributed by atoms with Gasteiger partial charge in [0.2, 0.25) is 6.79 Å². The topological polar surface area (TPSA) is 85.4 Å². The molecule has 136 valence electrons. The van der Waals surface area contributed by atoms with Crippen LogP contribution in [0.2, 0.25) is 0 Å². The van der Waals surface area contributed by atoms with Gasteiger partial charge in [-0.15, -0.1) is 0 Å². The van der Waals surface area contributed by atoms with Crippen LogP contribution in [0.3, 0.4) is 0 Å². The van der Waals surface area contributed by atoms with E-state index in [1.807, 2.05) is 49.4 Å². The third-order valence-electron chi connectivity index (χ3n) is 4.12. The van der Waals surface area contributed by atoms with Gasteiger partial charge in [-0.05, 0) is 36.8 Å². The summed E-state index contributed by atoms with van der Waals surface area (Å²) in [5, 5.41) is 6.02. The summed E-state index contributed by atoms with van der Waals surface area (Å²) in [5.41, 5.74) is 3.16. The van der Waals surface area contributed by atoms with Crippen LogP contribution in [0.1, 0.15) is 21.6 Å². The predicted octanol–water partition coefficient (Wildman–Crippen LogP) is 3.38. The minimum atomic E-state index is -0.285. The van der Waals surface area contributed by atoms with Gasteiger partial charge in [0.05, 0.1) is 0 Å². The summed E-state index contributed by atoms with van der Waals surface area (Å²) in [7, 11) is 0. The van der Waals surface area contributed by atoms with Crippen LogP contribution in [0.5, 0.6) is 11.5 Å². The van der Waals surface area contributed by atoms with E-state index in [9.17, 15) is 4.79 Å². The van der Waals surface area contributed by atoms with E-state index in [0.29, 0.717) is 18.1 Å². The molecule has 0 spiro atoms. The quantitative estimate of drug-likeness (QED) is 0.724. The van der Waals surface area contributed by atoms with Crippen molar-refractivity contribution in [2.75, 3.05) is 17.4 Å². The molecule has 1 amide bonds. The predicted molar refractivity (Wildman–Crippen MR) is 101 cm³/mol. The lowest BCUT2D eigenvalue weighted by molar-refractivity contribution is 0.102. The number of amides is 1. The Bertz CT molecular complexity index is 973. The van der Waals surface area contributed by atoms with E-state index in [2.05, 4.69) is 20.6 Å². The molecule has 0 saturated heterocycles. The highest BCUT2D eigenvalue weighted by atomic mass is 16.7. The Morgan fingerprint density at radius 3 is 2.70 bits per heavy atom. The van der Waals surface area contributed by atoms with Crippen LogP contribution in [0.4, 0.5) is 11.5 Å². The molecule has 0 unspecified atom stereocenters. The molecular weight excluding hydrogens is 344 g/mol. The molecular formula is C20H18N4O3. The third-order valence-corrected chi connectivity index (χ3v) is 4.12. The van der Waals surface area contributed by atoms with Crippen LogP contribution in [0.15, 0.2) is 54.9 Å². The molecule has 0 saturated carbocycles. The Morgan fingerprint density at radius 2 is 1.85 bits per heavy atom. The van der Waals surface area contributed by atoms with E-state index in [1.54, 1.807) is 6.07 Å². The Morgan fingerprint density at radius 1 is 1.04 bits per heavy atom. The van der Waals surface area contributed by atoms with Crippen molar-refractivity contribution in [3.63, 3.8) is 0 Å². The average molecular weight is 362 g/mol. The molecule has 0 bridgehead atoms. The minimum Gasteiger partial charge on any atom is -0.454 e. The second kappa shape index (κ2) is 7.33. The molecule has 4 rings (SSSR count). The molecule has 7 nitrogen and oxygen atoms in total. The lowest BCUT2D eigenvalue weighted by atomic mass is 10.2. The molecule has 1 aliphatic heterocycles. The molecule has 2 heterocycles. The molecule has 0 atom stereocenters. The van der Waals surface area contributed by atoms with E-state index >= 15 is 0 Å². The number of carbonyl (C=O) groups is 1. The van der Waals surface area contributed by atoms with Gasteiger partial charge in [-0.25, -0.2) is 9.97 Å². The molecule has 3 aromatic rings. The maximum atomic E-state index is 12.4. The van der Waals surface area contributed by atoms with Crippen molar-refractivity contribution in [3.8, 4) is 11.5 Å². The zero-order valence-electron chi connectivity index (χ0n) is 14.7. The molecule has 1 aliphatic rings. The van der Waals surface area contributed by atoms with Crippen molar-refractivity contribution >= 4 is 17.4 Å². The Balaban J connectivity index is 1.41. The highest BCUT2D eigenvalue weighted by Gasteiger charge is 2.13. The number of rotatable bonds is 5. The highest BCUT2D eigenvalue weighted by Crippen LogP contribution is 2.32. The van der Waals surface area contributed by atoms with Crippen LogP contribution < -0.4 is 20.1 Å². The summed E-state index contributed by atoms with van der Waals surface area (Å²) in [4.78, 5) is 20.6. The minimum absolute atomic E-state index is 0.248.